The number of ether oxygens (including phenoxy) is 1. The number of esters is 1. The Balaban J connectivity index is 1.72. The number of amides is 1. The smallest absolute Gasteiger partial charge is 0.305 e. The lowest BCUT2D eigenvalue weighted by atomic mass is 9.85. The van der Waals surface area contributed by atoms with Gasteiger partial charge < -0.3 is 15.4 Å². The molecule has 0 spiro atoms. The zero-order chi connectivity index (χ0) is 15.5. The van der Waals surface area contributed by atoms with Crippen LogP contribution in [0.4, 0.5) is 0 Å². The molecule has 0 radical (unpaired) electrons. The van der Waals surface area contributed by atoms with Gasteiger partial charge in [0.05, 0.1) is 13.7 Å². The topological polar surface area (TPSA) is 70.7 Å². The first-order valence-corrected chi connectivity index (χ1v) is 7.74. The van der Waals surface area contributed by atoms with Gasteiger partial charge in [-0.25, -0.2) is 0 Å². The van der Waals surface area contributed by atoms with Crippen LogP contribution in [0.3, 0.4) is 0 Å². The summed E-state index contributed by atoms with van der Waals surface area (Å²) in [5, 5.41) is 6.33. The van der Waals surface area contributed by atoms with E-state index >= 15 is 0 Å². The summed E-state index contributed by atoms with van der Waals surface area (Å²) in [7, 11) is 1.38. The number of rotatable bonds is 6. The first-order valence-electron chi connectivity index (χ1n) is 7.74. The van der Waals surface area contributed by atoms with Gasteiger partial charge in [-0.3, -0.25) is 14.5 Å². The van der Waals surface area contributed by atoms with Crippen LogP contribution in [0.15, 0.2) is 0 Å². The van der Waals surface area contributed by atoms with Crippen LogP contribution >= 0.6 is 0 Å². The highest BCUT2D eigenvalue weighted by atomic mass is 16.5. The van der Waals surface area contributed by atoms with Gasteiger partial charge in [-0.05, 0) is 38.6 Å². The lowest BCUT2D eigenvalue weighted by Crippen LogP contribution is -2.48. The van der Waals surface area contributed by atoms with Crippen molar-refractivity contribution in [1.82, 2.24) is 15.5 Å². The van der Waals surface area contributed by atoms with Crippen molar-refractivity contribution < 1.29 is 14.3 Å². The van der Waals surface area contributed by atoms with E-state index in [9.17, 15) is 9.59 Å². The van der Waals surface area contributed by atoms with E-state index < -0.39 is 0 Å². The summed E-state index contributed by atoms with van der Waals surface area (Å²) in [6.07, 6.45) is 0.971. The van der Waals surface area contributed by atoms with Gasteiger partial charge in [0.25, 0.3) is 0 Å². The van der Waals surface area contributed by atoms with Crippen molar-refractivity contribution in [3.63, 3.8) is 0 Å². The van der Waals surface area contributed by atoms with Gasteiger partial charge in [0.1, 0.15) is 0 Å². The monoisotopic (exact) mass is 297 g/mol. The summed E-state index contributed by atoms with van der Waals surface area (Å²) in [6, 6.07) is 0. The summed E-state index contributed by atoms with van der Waals surface area (Å²) in [5.74, 6) is 1.10. The number of fused-ring (bicyclic) bond motifs is 1. The second-order valence-electron chi connectivity index (χ2n) is 6.59. The van der Waals surface area contributed by atoms with E-state index in [0.717, 1.165) is 19.6 Å². The molecule has 2 heterocycles. The molecule has 6 nitrogen and oxygen atoms in total. The molecule has 6 heteroatoms. The fraction of sp³-hybridized carbons (Fsp3) is 0.867. The van der Waals surface area contributed by atoms with Crippen LogP contribution in [0, 0.1) is 11.8 Å². The van der Waals surface area contributed by atoms with Crippen LogP contribution in [0.5, 0.6) is 0 Å². The first kappa shape index (κ1) is 16.2. The summed E-state index contributed by atoms with van der Waals surface area (Å²) in [6.45, 7) is 8.53. The van der Waals surface area contributed by atoms with Gasteiger partial charge in [0.15, 0.2) is 0 Å². The fourth-order valence-corrected chi connectivity index (χ4v) is 3.56. The van der Waals surface area contributed by atoms with Gasteiger partial charge in [0, 0.05) is 31.6 Å². The lowest BCUT2D eigenvalue weighted by molar-refractivity contribution is -0.140. The van der Waals surface area contributed by atoms with E-state index in [2.05, 4.69) is 34.1 Å². The van der Waals surface area contributed by atoms with E-state index in [4.69, 9.17) is 0 Å². The molecule has 2 unspecified atom stereocenters. The molecule has 2 N–H and O–H groups in total. The van der Waals surface area contributed by atoms with Crippen molar-refractivity contribution in [3.8, 4) is 0 Å². The zero-order valence-electron chi connectivity index (χ0n) is 13.3. The molecule has 0 saturated carbocycles. The number of hydrogen-bond acceptors (Lipinski definition) is 5. The van der Waals surface area contributed by atoms with E-state index in [1.165, 1.54) is 7.11 Å². The highest BCUT2D eigenvalue weighted by molar-refractivity contribution is 5.78. The Morgan fingerprint density at radius 2 is 2.14 bits per heavy atom. The highest BCUT2D eigenvalue weighted by Gasteiger charge is 2.49. The molecule has 1 amide bonds. The summed E-state index contributed by atoms with van der Waals surface area (Å²) >= 11 is 0. The van der Waals surface area contributed by atoms with Crippen molar-refractivity contribution in [1.29, 1.82) is 0 Å². The molecule has 2 aliphatic rings. The third kappa shape index (κ3) is 3.74. The van der Waals surface area contributed by atoms with Crippen LogP contribution < -0.4 is 10.6 Å². The predicted molar refractivity (Wildman–Crippen MR) is 79.8 cm³/mol. The fourth-order valence-electron chi connectivity index (χ4n) is 3.56. The van der Waals surface area contributed by atoms with Crippen LogP contribution in [0.1, 0.15) is 26.7 Å². The minimum Gasteiger partial charge on any atom is -0.469 e. The van der Waals surface area contributed by atoms with E-state index in [0.29, 0.717) is 37.8 Å². The molecule has 0 aromatic rings. The Hall–Kier alpha value is -1.14. The third-order valence-electron chi connectivity index (χ3n) is 4.96. The van der Waals surface area contributed by atoms with E-state index in [1.54, 1.807) is 0 Å². The first-order chi connectivity index (χ1) is 9.95. The van der Waals surface area contributed by atoms with Gasteiger partial charge in [-0.15, -0.1) is 0 Å². The second kappa shape index (κ2) is 6.75. The predicted octanol–water partition coefficient (Wildman–Crippen LogP) is -0.0144. The molecular weight excluding hydrogens is 270 g/mol. The molecule has 0 aromatic carbocycles. The minimum atomic E-state index is -0.231. The molecule has 0 aromatic heterocycles. The Labute approximate surface area is 126 Å². The van der Waals surface area contributed by atoms with Crippen molar-refractivity contribution in [2.24, 2.45) is 11.8 Å². The number of hydrogen-bond donors (Lipinski definition) is 2. The molecule has 0 aliphatic carbocycles. The average Bonchev–Trinajstić information content (AvgIpc) is 2.98. The van der Waals surface area contributed by atoms with Crippen LogP contribution in [0.2, 0.25) is 0 Å². The molecule has 2 aliphatic heterocycles. The van der Waals surface area contributed by atoms with Gasteiger partial charge in [-0.2, -0.15) is 0 Å². The van der Waals surface area contributed by atoms with Crippen LogP contribution in [-0.4, -0.2) is 62.1 Å². The summed E-state index contributed by atoms with van der Waals surface area (Å²) < 4.78 is 4.57. The second-order valence-corrected chi connectivity index (χ2v) is 6.59. The zero-order valence-corrected chi connectivity index (χ0v) is 13.3. The maximum Gasteiger partial charge on any atom is 0.305 e. The summed E-state index contributed by atoms with van der Waals surface area (Å²) in [5.41, 5.74) is 0.0670. The molecule has 21 heavy (non-hydrogen) atoms. The molecule has 120 valence electrons. The number of nitrogens with one attached hydrogen (secondary N) is 2. The molecule has 0 bridgehead atoms. The number of carbonyl (C=O) groups is 2. The van der Waals surface area contributed by atoms with E-state index in [1.807, 2.05) is 0 Å². The van der Waals surface area contributed by atoms with Crippen LogP contribution in [-0.2, 0) is 14.3 Å². The number of nitrogens with zero attached hydrogens (tertiary/aromatic N) is 1. The summed E-state index contributed by atoms with van der Waals surface area (Å²) in [4.78, 5) is 25.3. The van der Waals surface area contributed by atoms with Gasteiger partial charge in [-0.1, -0.05) is 0 Å². The Kier molecular flexibility index (Phi) is 5.22. The average molecular weight is 297 g/mol. The molecule has 2 atom stereocenters. The molecule has 2 saturated heterocycles. The molecule has 2 rings (SSSR count). The Bertz CT molecular complexity index is 398. The van der Waals surface area contributed by atoms with Crippen LogP contribution in [0.25, 0.3) is 0 Å². The minimum absolute atomic E-state index is 0.0425. The van der Waals surface area contributed by atoms with Crippen molar-refractivity contribution in [3.05, 3.63) is 0 Å². The maximum atomic E-state index is 12.0. The Morgan fingerprint density at radius 1 is 1.38 bits per heavy atom. The van der Waals surface area contributed by atoms with Gasteiger partial charge in [0.2, 0.25) is 5.91 Å². The quantitative estimate of drug-likeness (QED) is 0.533. The standard InChI is InChI=1S/C15H27N3O3/c1-15(2)12-8-16-7-11(12)9-18(15)10-13(19)17-6-4-5-14(20)21-3/h11-12,16H,4-10H2,1-3H3,(H,17,19). The van der Waals surface area contributed by atoms with E-state index in [-0.39, 0.29) is 17.4 Å². The maximum absolute atomic E-state index is 12.0. The SMILES string of the molecule is COC(=O)CCCNC(=O)CN1CC2CNCC2C1(C)C. The Morgan fingerprint density at radius 3 is 2.81 bits per heavy atom. The molecular formula is C15H27N3O3. The highest BCUT2D eigenvalue weighted by Crippen LogP contribution is 2.40. The number of carbonyl (C=O) groups excluding carboxylic acids is 2. The number of likely N-dealkylation sites (tertiary alicyclic amines) is 1. The normalized spacial score (nSPS) is 27.4. The van der Waals surface area contributed by atoms with Crippen molar-refractivity contribution >= 4 is 11.9 Å². The largest absolute Gasteiger partial charge is 0.469 e. The van der Waals surface area contributed by atoms with Crippen molar-refractivity contribution in [2.45, 2.75) is 32.2 Å². The lowest BCUT2D eigenvalue weighted by Gasteiger charge is -2.35. The van der Waals surface area contributed by atoms with Crippen molar-refractivity contribution in [2.75, 3.05) is 39.8 Å². The van der Waals surface area contributed by atoms with Gasteiger partial charge >= 0.3 is 5.97 Å². The third-order valence-corrected chi connectivity index (χ3v) is 4.96. The number of methoxy groups -OCH3 is 1. The molecule has 2 fully saturated rings.